The number of ether oxygens (including phenoxy) is 2. The molecule has 8 rings (SSSR count). The molecule has 0 radical (unpaired) electrons. The van der Waals surface area contributed by atoms with Gasteiger partial charge in [-0.05, 0) is 207 Å². The lowest BCUT2D eigenvalue weighted by Gasteiger charge is -2.42. The van der Waals surface area contributed by atoms with E-state index in [-0.39, 0.29) is 36.1 Å². The molecular formula is C61H90N4O6. The summed E-state index contributed by atoms with van der Waals surface area (Å²) >= 11 is 0. The highest BCUT2D eigenvalue weighted by molar-refractivity contribution is 5.86. The van der Waals surface area contributed by atoms with Crippen LogP contribution < -0.4 is 0 Å². The van der Waals surface area contributed by atoms with Crippen LogP contribution in [0.15, 0.2) is 47.5 Å². The van der Waals surface area contributed by atoms with E-state index >= 15 is 0 Å². The maximum atomic E-state index is 13.9. The van der Waals surface area contributed by atoms with Crippen molar-refractivity contribution in [3.8, 4) is 0 Å². The zero-order chi connectivity index (χ0) is 51.7. The summed E-state index contributed by atoms with van der Waals surface area (Å²) in [5, 5.41) is 0. The molecule has 0 spiro atoms. The fraction of sp³-hybridized carbons (Fsp3) is 0.672. The first-order valence-electron chi connectivity index (χ1n) is 27.5. The van der Waals surface area contributed by atoms with Crippen LogP contribution in [0, 0.1) is 49.4 Å². The average molecular weight is 975 g/mol. The molecule has 10 heteroatoms. The highest BCUT2D eigenvalue weighted by Crippen LogP contribution is 2.46. The van der Waals surface area contributed by atoms with Gasteiger partial charge in [0.15, 0.2) is 0 Å². The van der Waals surface area contributed by atoms with E-state index in [1.165, 1.54) is 55.7 Å². The lowest BCUT2D eigenvalue weighted by Crippen LogP contribution is -2.50. The van der Waals surface area contributed by atoms with Crippen LogP contribution >= 0.6 is 0 Å². The summed E-state index contributed by atoms with van der Waals surface area (Å²) in [6.45, 7) is 27.8. The lowest BCUT2D eigenvalue weighted by molar-refractivity contribution is -0.140. The molecule has 0 aromatic heterocycles. The zero-order valence-corrected chi connectivity index (χ0v) is 46.3. The van der Waals surface area contributed by atoms with Gasteiger partial charge >= 0.3 is 12.2 Å². The number of amides is 4. The number of hydrogen-bond donors (Lipinski definition) is 0. The van der Waals surface area contributed by atoms with Crippen molar-refractivity contribution in [3.05, 3.63) is 80.9 Å². The van der Waals surface area contributed by atoms with Crippen LogP contribution in [0.3, 0.4) is 0 Å². The van der Waals surface area contributed by atoms with E-state index in [0.717, 1.165) is 96.6 Å². The molecule has 0 N–H and O–H groups in total. The number of carbonyl (C=O) groups excluding carboxylic acids is 4. The Kier molecular flexibility index (Phi) is 17.0. The standard InChI is InChI=1S/C31H46N2O3.C30H44N2O3/c1-20(2)16-28-27-18-24-11-8-21(3)17-26(24)25(27)14-15-33(28)29(34)23-12-9-22(10-13-23)19-32(7)30(35)36-31(4,5)6;1-19(2)27-26-17-23-11-8-20(3)16-25(23)24(26)14-15-32(27)28(33)22-12-9-21(10-13-22)18-31(7)29(34)35-30(4,5)6/h8,11,17,20,22-23,28H,9-10,12-16,18-19H2,1-7H3;8,11,16,19,21-22,27H,9-10,12-15,17-18H2,1-7H3. The molecule has 10 nitrogen and oxygen atoms in total. The van der Waals surface area contributed by atoms with Crippen LogP contribution in [0.4, 0.5) is 9.59 Å². The summed E-state index contributed by atoms with van der Waals surface area (Å²) in [5.74, 6) is 2.73. The SMILES string of the molecule is Cc1ccc2c(c1)C1=C(C2)C(C(C)C)N(C(=O)C2CCC(CN(C)C(=O)OC(C)(C)C)CC2)CC1.Cc1ccc2c(c1)C1=C(C2)C(CC(C)C)N(C(=O)C2CCC(CN(C)C(=O)OC(C)(C)C)CC2)CC1. The second kappa shape index (κ2) is 22.3. The average Bonchev–Trinajstić information content (AvgIpc) is 3.85. The number of aryl methyl sites for hydroxylation is 2. The summed E-state index contributed by atoms with van der Waals surface area (Å²) in [5.41, 5.74) is 13.4. The Hall–Kier alpha value is -4.60. The van der Waals surface area contributed by atoms with Crippen LogP contribution in [0.2, 0.25) is 0 Å². The van der Waals surface area contributed by atoms with Gasteiger partial charge in [-0.1, -0.05) is 75.2 Å². The molecule has 2 heterocycles. The van der Waals surface area contributed by atoms with Crippen LogP contribution in [-0.2, 0) is 31.9 Å². The first-order valence-corrected chi connectivity index (χ1v) is 27.5. The molecule has 390 valence electrons. The summed E-state index contributed by atoms with van der Waals surface area (Å²) in [4.78, 5) is 60.2. The van der Waals surface area contributed by atoms with Gasteiger partial charge in [0.25, 0.3) is 0 Å². The normalized spacial score (nSPS) is 24.2. The molecule has 2 fully saturated rings. The van der Waals surface area contributed by atoms with E-state index in [9.17, 15) is 19.2 Å². The Bertz CT molecular complexity index is 2330. The zero-order valence-electron chi connectivity index (χ0n) is 46.3. The summed E-state index contributed by atoms with van der Waals surface area (Å²) in [6.07, 6.45) is 12.1. The first kappa shape index (κ1) is 54.2. The number of carbonyl (C=O) groups is 4. The largest absolute Gasteiger partial charge is 0.444 e. The predicted octanol–water partition coefficient (Wildman–Crippen LogP) is 12.9. The Morgan fingerprint density at radius 1 is 0.606 bits per heavy atom. The van der Waals surface area contributed by atoms with Gasteiger partial charge in [0, 0.05) is 52.1 Å². The van der Waals surface area contributed by atoms with Crippen molar-refractivity contribution in [1.29, 1.82) is 0 Å². The van der Waals surface area contributed by atoms with Crippen molar-refractivity contribution in [1.82, 2.24) is 19.6 Å². The summed E-state index contributed by atoms with van der Waals surface area (Å²) in [7, 11) is 3.64. The van der Waals surface area contributed by atoms with Crippen LogP contribution in [-0.4, -0.2) is 107 Å². The minimum Gasteiger partial charge on any atom is -0.444 e. The highest BCUT2D eigenvalue weighted by atomic mass is 16.6. The second-order valence-electron chi connectivity index (χ2n) is 25.2. The third-order valence-corrected chi connectivity index (χ3v) is 16.2. The molecular weight excluding hydrogens is 885 g/mol. The number of hydrogen-bond acceptors (Lipinski definition) is 6. The topological polar surface area (TPSA) is 99.7 Å². The molecule has 2 aromatic carbocycles. The maximum absolute atomic E-state index is 13.9. The molecule has 4 amide bonds. The van der Waals surface area contributed by atoms with Crippen molar-refractivity contribution >= 4 is 35.1 Å². The third kappa shape index (κ3) is 13.1. The summed E-state index contributed by atoms with van der Waals surface area (Å²) in [6, 6.07) is 14.1. The quantitative estimate of drug-likeness (QED) is 0.248. The van der Waals surface area contributed by atoms with Gasteiger partial charge < -0.3 is 29.1 Å². The maximum Gasteiger partial charge on any atom is 0.410 e. The van der Waals surface area contributed by atoms with E-state index in [2.05, 4.69) is 87.7 Å². The Balaban J connectivity index is 0.000000209. The smallest absolute Gasteiger partial charge is 0.410 e. The molecule has 4 aliphatic carbocycles. The first-order chi connectivity index (χ1) is 33.4. The van der Waals surface area contributed by atoms with E-state index in [1.807, 2.05) is 55.6 Å². The molecule has 0 saturated heterocycles. The Morgan fingerprint density at radius 3 is 1.44 bits per heavy atom. The van der Waals surface area contributed by atoms with Gasteiger partial charge in [-0.2, -0.15) is 0 Å². The van der Waals surface area contributed by atoms with Crippen molar-refractivity contribution in [3.63, 3.8) is 0 Å². The van der Waals surface area contributed by atoms with E-state index in [0.29, 0.717) is 48.6 Å². The predicted molar refractivity (Wildman–Crippen MR) is 287 cm³/mol. The van der Waals surface area contributed by atoms with E-state index in [4.69, 9.17) is 9.47 Å². The minimum atomic E-state index is -0.481. The fourth-order valence-corrected chi connectivity index (χ4v) is 12.8. The molecule has 0 bridgehead atoms. The van der Waals surface area contributed by atoms with Crippen LogP contribution in [0.5, 0.6) is 0 Å². The van der Waals surface area contributed by atoms with Gasteiger partial charge in [-0.3, -0.25) is 9.59 Å². The number of nitrogens with zero attached hydrogens (tertiary/aromatic N) is 4. The van der Waals surface area contributed by atoms with Crippen LogP contribution in [0.25, 0.3) is 11.1 Å². The number of fused-ring (bicyclic) bond motifs is 4. The van der Waals surface area contributed by atoms with E-state index in [1.54, 1.807) is 9.80 Å². The van der Waals surface area contributed by atoms with Crippen molar-refractivity contribution in [2.75, 3.05) is 40.3 Å². The molecule has 71 heavy (non-hydrogen) atoms. The monoisotopic (exact) mass is 975 g/mol. The van der Waals surface area contributed by atoms with E-state index < -0.39 is 11.2 Å². The highest BCUT2D eigenvalue weighted by Gasteiger charge is 2.43. The molecule has 2 aromatic rings. The molecule has 6 aliphatic rings. The molecule has 2 atom stereocenters. The Morgan fingerprint density at radius 2 is 1.01 bits per heavy atom. The number of rotatable bonds is 9. The molecule has 2 unspecified atom stereocenters. The van der Waals surface area contributed by atoms with Gasteiger partial charge in [-0.15, -0.1) is 0 Å². The minimum absolute atomic E-state index is 0.104. The van der Waals surface area contributed by atoms with Gasteiger partial charge in [-0.25, -0.2) is 9.59 Å². The molecule has 2 aliphatic heterocycles. The van der Waals surface area contributed by atoms with Crippen molar-refractivity contribution in [2.45, 2.75) is 190 Å². The lowest BCUT2D eigenvalue weighted by atomic mass is 9.79. The van der Waals surface area contributed by atoms with Gasteiger partial charge in [0.2, 0.25) is 11.8 Å². The second-order valence-corrected chi connectivity index (χ2v) is 25.2. The fourth-order valence-electron chi connectivity index (χ4n) is 12.8. The van der Waals surface area contributed by atoms with Crippen molar-refractivity contribution in [2.24, 2.45) is 35.5 Å². The summed E-state index contributed by atoms with van der Waals surface area (Å²) < 4.78 is 11.0. The van der Waals surface area contributed by atoms with Gasteiger partial charge in [0.1, 0.15) is 11.2 Å². The van der Waals surface area contributed by atoms with Crippen molar-refractivity contribution < 1.29 is 28.7 Å². The number of benzene rings is 2. The molecule has 2 saturated carbocycles. The van der Waals surface area contributed by atoms with Crippen LogP contribution in [0.1, 0.15) is 173 Å². The van der Waals surface area contributed by atoms with Gasteiger partial charge in [0.05, 0.1) is 12.1 Å². The Labute approximate surface area is 428 Å². The third-order valence-electron chi connectivity index (χ3n) is 16.2.